The number of hydrogen-bond donors (Lipinski definition) is 2. The molecule has 34 heavy (non-hydrogen) atoms. The number of likely N-dealkylation sites (N-methyl/N-ethyl adjacent to an activating group) is 1. The van der Waals surface area contributed by atoms with Gasteiger partial charge in [0.2, 0.25) is 5.95 Å². The van der Waals surface area contributed by atoms with Gasteiger partial charge in [0.05, 0.1) is 47.0 Å². The first kappa shape index (κ1) is 20.2. The molecule has 0 radical (unpaired) electrons. The predicted molar refractivity (Wildman–Crippen MR) is 127 cm³/mol. The van der Waals surface area contributed by atoms with Crippen LogP contribution in [0.1, 0.15) is 0 Å². The maximum absolute atomic E-state index is 13.7. The predicted octanol–water partition coefficient (Wildman–Crippen LogP) is 3.11. The Kier molecular flexibility index (Phi) is 4.65. The molecule has 10 heteroatoms. The van der Waals surface area contributed by atoms with Crippen molar-refractivity contribution < 1.29 is 9.13 Å². The Morgan fingerprint density at radius 1 is 1.18 bits per heavy atom. The molecule has 1 atom stereocenters. The van der Waals surface area contributed by atoms with Crippen LogP contribution in [0.3, 0.4) is 0 Å². The molecule has 0 aliphatic carbocycles. The minimum Gasteiger partial charge on any atom is -0.484 e. The Morgan fingerprint density at radius 3 is 2.88 bits per heavy atom. The maximum atomic E-state index is 13.7. The fourth-order valence-electron chi connectivity index (χ4n) is 4.32. The van der Waals surface area contributed by atoms with Crippen LogP contribution >= 0.6 is 0 Å². The second-order valence-electron chi connectivity index (χ2n) is 8.18. The number of H-pyrrole nitrogens is 1. The number of anilines is 2. The van der Waals surface area contributed by atoms with Crippen molar-refractivity contribution in [1.82, 2.24) is 24.7 Å². The van der Waals surface area contributed by atoms with E-state index in [2.05, 4.69) is 25.5 Å². The summed E-state index contributed by atoms with van der Waals surface area (Å²) in [6.45, 7) is 1.01. The van der Waals surface area contributed by atoms with Gasteiger partial charge in [-0.25, -0.2) is 9.37 Å². The van der Waals surface area contributed by atoms with Crippen LogP contribution in [-0.4, -0.2) is 51.0 Å². The summed E-state index contributed by atoms with van der Waals surface area (Å²) in [5.74, 6) is 0.508. The molecule has 2 N–H and O–H groups in total. The first-order valence-corrected chi connectivity index (χ1v) is 10.8. The second-order valence-corrected chi connectivity index (χ2v) is 8.18. The van der Waals surface area contributed by atoms with Gasteiger partial charge in [-0.3, -0.25) is 14.5 Å². The van der Waals surface area contributed by atoms with E-state index in [4.69, 9.17) is 4.74 Å². The van der Waals surface area contributed by atoms with Crippen molar-refractivity contribution in [3.63, 3.8) is 0 Å². The van der Waals surface area contributed by atoms with Crippen molar-refractivity contribution in [1.29, 1.82) is 0 Å². The lowest BCUT2D eigenvalue weighted by molar-refractivity contribution is 0.207. The fraction of sp³-hybridized carbons (Fsp3) is 0.167. The van der Waals surface area contributed by atoms with Crippen molar-refractivity contribution in [2.75, 3.05) is 30.4 Å². The van der Waals surface area contributed by atoms with Crippen molar-refractivity contribution >= 4 is 33.6 Å². The van der Waals surface area contributed by atoms with Gasteiger partial charge in [-0.1, -0.05) is 18.2 Å². The van der Waals surface area contributed by atoms with Gasteiger partial charge in [0.25, 0.3) is 5.56 Å². The summed E-state index contributed by atoms with van der Waals surface area (Å²) < 4.78 is 21.2. The van der Waals surface area contributed by atoms with E-state index in [0.717, 1.165) is 5.69 Å². The highest BCUT2D eigenvalue weighted by molar-refractivity contribution is 6.02. The zero-order valence-electron chi connectivity index (χ0n) is 18.2. The fourth-order valence-corrected chi connectivity index (χ4v) is 4.32. The first-order valence-electron chi connectivity index (χ1n) is 10.8. The number of fused-ring (bicyclic) bond motifs is 4. The van der Waals surface area contributed by atoms with E-state index in [0.29, 0.717) is 52.4 Å². The van der Waals surface area contributed by atoms with Crippen LogP contribution in [0.5, 0.6) is 5.75 Å². The molecule has 6 rings (SSSR count). The normalized spacial score (nSPS) is 15.4. The zero-order chi connectivity index (χ0) is 23.2. The molecular weight excluding hydrogens is 437 g/mol. The number of para-hydroxylation sites is 1. The van der Waals surface area contributed by atoms with E-state index in [9.17, 15) is 9.18 Å². The van der Waals surface area contributed by atoms with Gasteiger partial charge >= 0.3 is 0 Å². The number of pyridine rings is 1. The Bertz CT molecular complexity index is 1580. The molecule has 1 aliphatic rings. The molecule has 4 heterocycles. The Morgan fingerprint density at radius 2 is 2.03 bits per heavy atom. The molecule has 0 fully saturated rings. The number of halogens is 1. The third-order valence-corrected chi connectivity index (χ3v) is 5.93. The smallest absolute Gasteiger partial charge is 0.267 e. The first-order chi connectivity index (χ1) is 16.6. The number of benzene rings is 2. The van der Waals surface area contributed by atoms with Crippen LogP contribution in [0.2, 0.25) is 0 Å². The third kappa shape index (κ3) is 3.31. The number of aromatic amines is 1. The Labute approximate surface area is 192 Å². The summed E-state index contributed by atoms with van der Waals surface area (Å²) in [6, 6.07) is 13.8. The average Bonchev–Trinajstić information content (AvgIpc) is 3.34. The summed E-state index contributed by atoms with van der Waals surface area (Å²) in [5.41, 5.74) is 2.37. The van der Waals surface area contributed by atoms with E-state index < -0.39 is 0 Å². The van der Waals surface area contributed by atoms with Gasteiger partial charge in [-0.05, 0) is 24.3 Å². The minimum absolute atomic E-state index is 0.219. The molecule has 0 amide bonds. The summed E-state index contributed by atoms with van der Waals surface area (Å²) in [7, 11) is 1.94. The van der Waals surface area contributed by atoms with E-state index >= 15 is 0 Å². The third-order valence-electron chi connectivity index (χ3n) is 5.93. The van der Waals surface area contributed by atoms with Gasteiger partial charge in [-0.15, -0.1) is 0 Å². The lowest BCUT2D eigenvalue weighted by Gasteiger charge is -2.33. The molecular formula is C24H20FN7O2. The van der Waals surface area contributed by atoms with E-state index in [-0.39, 0.29) is 17.5 Å². The zero-order valence-corrected chi connectivity index (χ0v) is 18.2. The molecule has 0 bridgehead atoms. The molecule has 5 aromatic rings. The topological polar surface area (TPSA) is 101 Å². The number of aromatic nitrogens is 5. The van der Waals surface area contributed by atoms with Gasteiger partial charge in [-0.2, -0.15) is 10.1 Å². The summed E-state index contributed by atoms with van der Waals surface area (Å²) >= 11 is 0. The van der Waals surface area contributed by atoms with Crippen LogP contribution in [0, 0.1) is 5.82 Å². The number of rotatable bonds is 4. The summed E-state index contributed by atoms with van der Waals surface area (Å²) in [6.07, 6.45) is 2.94. The van der Waals surface area contributed by atoms with Crippen LogP contribution < -0.4 is 20.5 Å². The lowest BCUT2D eigenvalue weighted by Crippen LogP contribution is -2.41. The molecule has 170 valence electrons. The van der Waals surface area contributed by atoms with Crippen LogP contribution in [0.25, 0.3) is 27.6 Å². The molecule has 0 unspecified atom stereocenters. The number of nitrogens with one attached hydrogen (secondary N) is 2. The molecule has 0 saturated carbocycles. The van der Waals surface area contributed by atoms with Gasteiger partial charge in [0.15, 0.2) is 5.65 Å². The minimum atomic E-state index is -0.345. The quantitative estimate of drug-likeness (QED) is 0.428. The maximum Gasteiger partial charge on any atom is 0.267 e. The van der Waals surface area contributed by atoms with Gasteiger partial charge in [0, 0.05) is 19.3 Å². The Balaban J connectivity index is 1.36. The van der Waals surface area contributed by atoms with E-state index in [1.165, 1.54) is 18.3 Å². The van der Waals surface area contributed by atoms with Crippen molar-refractivity contribution in [3.05, 3.63) is 77.1 Å². The molecule has 0 saturated heterocycles. The van der Waals surface area contributed by atoms with Crippen molar-refractivity contribution in [3.8, 4) is 11.4 Å². The monoisotopic (exact) mass is 457 g/mol. The number of ether oxygens (including phenoxy) is 1. The van der Waals surface area contributed by atoms with Crippen LogP contribution in [0.15, 0.2) is 65.7 Å². The van der Waals surface area contributed by atoms with Gasteiger partial charge in [0.1, 0.15) is 17.7 Å². The highest BCUT2D eigenvalue weighted by Crippen LogP contribution is 2.33. The van der Waals surface area contributed by atoms with Crippen LogP contribution in [0.4, 0.5) is 16.0 Å². The summed E-state index contributed by atoms with van der Waals surface area (Å²) in [5, 5.41) is 11.3. The average molecular weight is 457 g/mol. The second kappa shape index (κ2) is 7.84. The van der Waals surface area contributed by atoms with E-state index in [1.807, 2.05) is 42.3 Å². The lowest BCUT2D eigenvalue weighted by atomic mass is 10.2. The largest absolute Gasteiger partial charge is 0.484 e. The molecule has 9 nitrogen and oxygen atoms in total. The summed E-state index contributed by atoms with van der Waals surface area (Å²) in [4.78, 5) is 24.4. The highest BCUT2D eigenvalue weighted by atomic mass is 19.1. The van der Waals surface area contributed by atoms with Crippen molar-refractivity contribution in [2.24, 2.45) is 0 Å². The molecule has 2 aromatic carbocycles. The standard InChI is InChI=1S/C24H20FN7O2/c1-31-13-16(34-20-9-14(25)7-8-19(20)31)10-26-24-27-11-17-21-18(12-28-30-21)23(33)32(22(17)29-24)15-5-3-2-4-6-15/h2-9,11-12,16H,10,13H2,1H3,(H,28,30)(H,26,27,29)/t16-/m0/s1. The number of hydrogen-bond acceptors (Lipinski definition) is 7. The Hall–Kier alpha value is -4.47. The number of nitrogens with zero attached hydrogens (tertiary/aromatic N) is 5. The van der Waals surface area contributed by atoms with Gasteiger partial charge < -0.3 is 15.0 Å². The highest BCUT2D eigenvalue weighted by Gasteiger charge is 2.24. The van der Waals surface area contributed by atoms with E-state index in [1.54, 1.807) is 16.8 Å². The molecule has 0 spiro atoms. The molecule has 3 aromatic heterocycles. The molecule has 1 aliphatic heterocycles. The van der Waals surface area contributed by atoms with Crippen LogP contribution in [-0.2, 0) is 0 Å². The SMILES string of the molecule is CN1C[C@H](CNc2ncc3c4[nH]ncc4c(=O)n(-c4ccccc4)c3n2)Oc2cc(F)ccc21. The van der Waals surface area contributed by atoms with Crippen molar-refractivity contribution in [2.45, 2.75) is 6.10 Å².